The number of halogens is 2. The van der Waals surface area contributed by atoms with Crippen LogP contribution in [0.4, 0.5) is 0 Å². The van der Waals surface area contributed by atoms with Crippen LogP contribution in [0.15, 0.2) is 0 Å². The fourth-order valence-electron chi connectivity index (χ4n) is 4.20. The summed E-state index contributed by atoms with van der Waals surface area (Å²) in [6.45, 7) is 5.23. The predicted molar refractivity (Wildman–Crippen MR) is 101 cm³/mol. The van der Waals surface area contributed by atoms with Gasteiger partial charge in [-0.1, -0.05) is 6.42 Å². The molecule has 3 rings (SSSR count). The fraction of sp³-hybridized carbons (Fsp3) is 0.941. The zero-order valence-electron chi connectivity index (χ0n) is 14.5. The van der Waals surface area contributed by atoms with Crippen molar-refractivity contribution in [2.24, 2.45) is 17.6 Å². The van der Waals surface area contributed by atoms with Gasteiger partial charge in [-0.15, -0.1) is 24.8 Å². The molecule has 1 unspecified atom stereocenters. The minimum atomic E-state index is 0. The van der Waals surface area contributed by atoms with Crippen molar-refractivity contribution in [1.29, 1.82) is 0 Å². The Hall–Kier alpha value is -0.0700. The van der Waals surface area contributed by atoms with E-state index in [1.807, 2.05) is 0 Å². The summed E-state index contributed by atoms with van der Waals surface area (Å²) in [4.78, 5) is 14.7. The highest BCUT2D eigenvalue weighted by Gasteiger charge is 2.28. The second kappa shape index (κ2) is 10.8. The van der Waals surface area contributed by atoms with Crippen LogP contribution in [0.2, 0.25) is 0 Å². The lowest BCUT2D eigenvalue weighted by Crippen LogP contribution is -2.46. The van der Waals surface area contributed by atoms with Crippen molar-refractivity contribution in [3.63, 3.8) is 0 Å². The number of amides is 1. The molecule has 142 valence electrons. The van der Waals surface area contributed by atoms with Crippen LogP contribution >= 0.6 is 24.8 Å². The molecule has 0 aromatic carbocycles. The number of nitrogens with two attached hydrogens (primary N) is 1. The van der Waals surface area contributed by atoms with Crippen molar-refractivity contribution in [2.75, 3.05) is 32.8 Å². The van der Waals surface area contributed by atoms with Crippen molar-refractivity contribution in [3.05, 3.63) is 0 Å². The van der Waals surface area contributed by atoms with Crippen molar-refractivity contribution in [3.8, 4) is 0 Å². The average molecular weight is 382 g/mol. The maximum Gasteiger partial charge on any atom is 0.220 e. The lowest BCUT2D eigenvalue weighted by Gasteiger charge is -2.33. The number of nitrogens with zero attached hydrogens (tertiary/aromatic N) is 1. The first-order chi connectivity index (χ1) is 10.7. The van der Waals surface area contributed by atoms with Gasteiger partial charge >= 0.3 is 0 Å². The maximum atomic E-state index is 12.2. The van der Waals surface area contributed by atoms with Crippen LogP contribution in [0.5, 0.6) is 0 Å². The van der Waals surface area contributed by atoms with Gasteiger partial charge < -0.3 is 20.7 Å². The van der Waals surface area contributed by atoms with Crippen molar-refractivity contribution in [2.45, 2.75) is 57.0 Å². The monoisotopic (exact) mass is 381 g/mol. The molecule has 1 amide bonds. The molecule has 0 spiro atoms. The molecular weight excluding hydrogens is 349 g/mol. The Balaban J connectivity index is 0.00000144. The Morgan fingerprint density at radius 3 is 2.46 bits per heavy atom. The van der Waals surface area contributed by atoms with Gasteiger partial charge in [0, 0.05) is 44.7 Å². The van der Waals surface area contributed by atoms with Crippen LogP contribution in [0.1, 0.15) is 44.9 Å². The van der Waals surface area contributed by atoms with Crippen molar-refractivity contribution < 1.29 is 9.53 Å². The number of hydrogen-bond donors (Lipinski definition) is 2. The van der Waals surface area contributed by atoms with Gasteiger partial charge in [0.25, 0.3) is 0 Å². The van der Waals surface area contributed by atoms with Crippen LogP contribution in [-0.2, 0) is 9.53 Å². The van der Waals surface area contributed by atoms with Crippen molar-refractivity contribution >= 4 is 30.7 Å². The zero-order chi connectivity index (χ0) is 15.4. The molecular formula is C17H33Cl2N3O2. The second-order valence-corrected chi connectivity index (χ2v) is 7.43. The molecule has 3 atom stereocenters. The summed E-state index contributed by atoms with van der Waals surface area (Å²) in [6, 6.07) is 0.599. The van der Waals surface area contributed by atoms with Gasteiger partial charge in [-0.3, -0.25) is 4.79 Å². The lowest BCUT2D eigenvalue weighted by molar-refractivity contribution is -0.123. The van der Waals surface area contributed by atoms with Crippen LogP contribution in [0.25, 0.3) is 0 Å². The number of hydrogen-bond acceptors (Lipinski definition) is 4. The Morgan fingerprint density at radius 1 is 1.12 bits per heavy atom. The van der Waals surface area contributed by atoms with E-state index in [0.29, 0.717) is 18.4 Å². The highest BCUT2D eigenvalue weighted by Crippen LogP contribution is 2.27. The minimum Gasteiger partial charge on any atom is -0.381 e. The van der Waals surface area contributed by atoms with E-state index < -0.39 is 0 Å². The van der Waals surface area contributed by atoms with Crippen LogP contribution < -0.4 is 11.1 Å². The number of rotatable bonds is 5. The van der Waals surface area contributed by atoms with E-state index in [9.17, 15) is 4.79 Å². The van der Waals surface area contributed by atoms with Crippen LogP contribution in [-0.4, -0.2) is 55.7 Å². The summed E-state index contributed by atoms with van der Waals surface area (Å²) < 4.78 is 5.45. The average Bonchev–Trinajstić information content (AvgIpc) is 3.14. The molecule has 0 radical (unpaired) electrons. The van der Waals surface area contributed by atoms with E-state index in [0.717, 1.165) is 64.4 Å². The Labute approximate surface area is 158 Å². The van der Waals surface area contributed by atoms with Crippen LogP contribution in [0, 0.1) is 11.8 Å². The molecule has 5 nitrogen and oxygen atoms in total. The highest BCUT2D eigenvalue weighted by molar-refractivity contribution is 5.85. The third-order valence-corrected chi connectivity index (χ3v) is 5.66. The first-order valence-corrected chi connectivity index (χ1v) is 9.06. The van der Waals surface area contributed by atoms with Gasteiger partial charge in [-0.2, -0.15) is 0 Å². The van der Waals surface area contributed by atoms with Gasteiger partial charge in [0.2, 0.25) is 5.91 Å². The number of ether oxygens (including phenoxy) is 1. The van der Waals surface area contributed by atoms with E-state index >= 15 is 0 Å². The smallest absolute Gasteiger partial charge is 0.220 e. The fourth-order valence-corrected chi connectivity index (χ4v) is 4.20. The molecule has 3 fully saturated rings. The third-order valence-electron chi connectivity index (χ3n) is 5.66. The standard InChI is InChI=1S/C17H31N3O2.2ClH/c18-16-3-1-2-14(16)10-17(21)19-15-4-7-20(8-5-15)11-13-6-9-22-12-13;;/h13-16H,1-12,18H2,(H,19,21);2*1H/t13?,14-,16+;;/m0../s1. The summed E-state index contributed by atoms with van der Waals surface area (Å²) in [6.07, 6.45) is 7.38. The largest absolute Gasteiger partial charge is 0.381 e. The van der Waals surface area contributed by atoms with Gasteiger partial charge in [0.15, 0.2) is 0 Å². The van der Waals surface area contributed by atoms with E-state index in [1.165, 1.54) is 12.8 Å². The second-order valence-electron chi connectivity index (χ2n) is 7.43. The Kier molecular flexibility index (Phi) is 9.90. The van der Waals surface area contributed by atoms with E-state index in [1.54, 1.807) is 0 Å². The highest BCUT2D eigenvalue weighted by atomic mass is 35.5. The molecule has 2 heterocycles. The SMILES string of the molecule is Cl.Cl.N[C@@H]1CCC[C@H]1CC(=O)NC1CCN(CC2CCOC2)CC1. The molecule has 3 aliphatic rings. The number of likely N-dealkylation sites (tertiary alicyclic amines) is 1. The van der Waals surface area contributed by atoms with Gasteiger partial charge in [-0.25, -0.2) is 0 Å². The molecule has 0 aromatic heterocycles. The molecule has 0 bridgehead atoms. The number of nitrogens with one attached hydrogen (secondary N) is 1. The third kappa shape index (κ3) is 6.34. The van der Waals surface area contributed by atoms with E-state index in [4.69, 9.17) is 10.5 Å². The summed E-state index contributed by atoms with van der Waals surface area (Å²) in [5, 5.41) is 3.23. The summed E-state index contributed by atoms with van der Waals surface area (Å²) >= 11 is 0. The quantitative estimate of drug-likeness (QED) is 0.763. The number of piperidine rings is 1. The lowest BCUT2D eigenvalue weighted by atomic mass is 9.98. The molecule has 3 N–H and O–H groups in total. The summed E-state index contributed by atoms with van der Waals surface area (Å²) in [5.41, 5.74) is 6.06. The molecule has 7 heteroatoms. The molecule has 2 saturated heterocycles. The van der Waals surface area contributed by atoms with E-state index in [2.05, 4.69) is 10.2 Å². The number of carbonyl (C=O) groups is 1. The van der Waals surface area contributed by atoms with Gasteiger partial charge in [-0.05, 0) is 43.9 Å². The summed E-state index contributed by atoms with van der Waals surface area (Å²) in [7, 11) is 0. The van der Waals surface area contributed by atoms with Crippen molar-refractivity contribution in [1.82, 2.24) is 10.2 Å². The van der Waals surface area contributed by atoms with Crippen LogP contribution in [0.3, 0.4) is 0 Å². The normalized spacial score (nSPS) is 31.3. The zero-order valence-corrected chi connectivity index (χ0v) is 16.1. The predicted octanol–water partition coefficient (Wildman–Crippen LogP) is 1.96. The molecule has 0 aromatic rings. The van der Waals surface area contributed by atoms with E-state index in [-0.39, 0.29) is 36.8 Å². The summed E-state index contributed by atoms with van der Waals surface area (Å²) in [5.74, 6) is 1.34. The molecule has 1 saturated carbocycles. The number of carbonyl (C=O) groups excluding carboxylic acids is 1. The molecule has 2 aliphatic heterocycles. The Bertz CT molecular complexity index is 373. The minimum absolute atomic E-state index is 0. The molecule has 24 heavy (non-hydrogen) atoms. The first kappa shape index (κ1) is 22.0. The Morgan fingerprint density at radius 2 is 1.88 bits per heavy atom. The van der Waals surface area contributed by atoms with Gasteiger partial charge in [0.05, 0.1) is 6.61 Å². The maximum absolute atomic E-state index is 12.2. The first-order valence-electron chi connectivity index (χ1n) is 9.06. The molecule has 1 aliphatic carbocycles. The topological polar surface area (TPSA) is 67.6 Å². The van der Waals surface area contributed by atoms with Gasteiger partial charge in [0.1, 0.15) is 0 Å².